The SMILES string of the molecule is CNc1cc(C)ccc1C(=O)NCCCCOC(C)C. The molecule has 1 aromatic carbocycles. The van der Waals surface area contributed by atoms with Crippen molar-refractivity contribution in [2.45, 2.75) is 39.7 Å². The van der Waals surface area contributed by atoms with E-state index < -0.39 is 0 Å². The predicted molar refractivity (Wildman–Crippen MR) is 83.4 cm³/mol. The molecule has 0 aliphatic rings. The Balaban J connectivity index is 2.36. The molecule has 0 atom stereocenters. The number of carbonyl (C=O) groups is 1. The fraction of sp³-hybridized carbons (Fsp3) is 0.562. The van der Waals surface area contributed by atoms with Crippen molar-refractivity contribution in [3.8, 4) is 0 Å². The lowest BCUT2D eigenvalue weighted by molar-refractivity contribution is 0.0754. The molecule has 112 valence electrons. The van der Waals surface area contributed by atoms with Gasteiger partial charge in [0.25, 0.3) is 5.91 Å². The van der Waals surface area contributed by atoms with Crippen LogP contribution in [0.4, 0.5) is 5.69 Å². The van der Waals surface area contributed by atoms with E-state index in [-0.39, 0.29) is 12.0 Å². The van der Waals surface area contributed by atoms with Crippen LogP contribution in [0.25, 0.3) is 0 Å². The van der Waals surface area contributed by atoms with Crippen molar-refractivity contribution in [3.05, 3.63) is 29.3 Å². The summed E-state index contributed by atoms with van der Waals surface area (Å²) < 4.78 is 5.46. The second kappa shape index (κ2) is 8.59. The van der Waals surface area contributed by atoms with Gasteiger partial charge in [-0.1, -0.05) is 6.07 Å². The highest BCUT2D eigenvalue weighted by molar-refractivity contribution is 5.99. The standard InChI is InChI=1S/C16H26N2O2/c1-12(2)20-10-6-5-9-18-16(19)14-8-7-13(3)11-15(14)17-4/h7-8,11-12,17H,5-6,9-10H2,1-4H3,(H,18,19). The molecule has 2 N–H and O–H groups in total. The van der Waals surface area contributed by atoms with Crippen LogP contribution < -0.4 is 10.6 Å². The molecule has 1 amide bonds. The Hall–Kier alpha value is -1.55. The number of nitrogens with one attached hydrogen (secondary N) is 2. The lowest BCUT2D eigenvalue weighted by Gasteiger charge is -2.11. The maximum absolute atomic E-state index is 12.1. The molecule has 0 spiro atoms. The Labute approximate surface area is 121 Å². The molecule has 0 bridgehead atoms. The first-order valence-corrected chi connectivity index (χ1v) is 7.22. The molecular formula is C16H26N2O2. The van der Waals surface area contributed by atoms with E-state index >= 15 is 0 Å². The Morgan fingerprint density at radius 3 is 2.70 bits per heavy atom. The molecule has 4 heteroatoms. The van der Waals surface area contributed by atoms with Crippen molar-refractivity contribution >= 4 is 11.6 Å². The minimum absolute atomic E-state index is 0.0286. The first-order valence-electron chi connectivity index (χ1n) is 7.22. The van der Waals surface area contributed by atoms with Gasteiger partial charge in [0.05, 0.1) is 11.7 Å². The molecule has 0 unspecified atom stereocenters. The lowest BCUT2D eigenvalue weighted by atomic mass is 10.1. The third kappa shape index (κ3) is 5.61. The molecule has 20 heavy (non-hydrogen) atoms. The molecule has 0 saturated carbocycles. The molecule has 0 fully saturated rings. The summed E-state index contributed by atoms with van der Waals surface area (Å²) >= 11 is 0. The number of unbranched alkanes of at least 4 members (excludes halogenated alkanes) is 1. The third-order valence-electron chi connectivity index (χ3n) is 3.00. The first-order chi connectivity index (χ1) is 9.54. The minimum Gasteiger partial charge on any atom is -0.387 e. The number of amides is 1. The Bertz CT molecular complexity index is 430. The number of benzene rings is 1. The summed E-state index contributed by atoms with van der Waals surface area (Å²) in [4.78, 5) is 12.1. The second-order valence-corrected chi connectivity index (χ2v) is 5.18. The van der Waals surface area contributed by atoms with E-state index in [0.717, 1.165) is 30.7 Å². The van der Waals surface area contributed by atoms with Gasteiger partial charge in [-0.3, -0.25) is 4.79 Å². The van der Waals surface area contributed by atoms with E-state index in [1.807, 2.05) is 46.0 Å². The number of aryl methyl sites for hydroxylation is 1. The quantitative estimate of drug-likeness (QED) is 0.719. The molecule has 4 nitrogen and oxygen atoms in total. The number of ether oxygens (including phenoxy) is 1. The molecule has 1 aromatic rings. The van der Waals surface area contributed by atoms with E-state index in [2.05, 4.69) is 10.6 Å². The highest BCUT2D eigenvalue weighted by atomic mass is 16.5. The normalized spacial score (nSPS) is 10.7. The summed E-state index contributed by atoms with van der Waals surface area (Å²) in [5.74, 6) is -0.0286. The molecule has 0 radical (unpaired) electrons. The summed E-state index contributed by atoms with van der Waals surface area (Å²) in [5.41, 5.74) is 2.69. The molecule has 0 saturated heterocycles. The Morgan fingerprint density at radius 2 is 2.05 bits per heavy atom. The van der Waals surface area contributed by atoms with Crippen molar-refractivity contribution in [2.24, 2.45) is 0 Å². The zero-order chi connectivity index (χ0) is 15.0. The highest BCUT2D eigenvalue weighted by Gasteiger charge is 2.09. The topological polar surface area (TPSA) is 50.4 Å². The van der Waals surface area contributed by atoms with Gasteiger partial charge in [0, 0.05) is 25.9 Å². The molecular weight excluding hydrogens is 252 g/mol. The van der Waals surface area contributed by atoms with Gasteiger partial charge >= 0.3 is 0 Å². The van der Waals surface area contributed by atoms with Gasteiger partial charge in [-0.25, -0.2) is 0 Å². The van der Waals surface area contributed by atoms with Gasteiger partial charge in [0.2, 0.25) is 0 Å². The minimum atomic E-state index is -0.0286. The Morgan fingerprint density at radius 1 is 1.30 bits per heavy atom. The van der Waals surface area contributed by atoms with Crippen LogP contribution >= 0.6 is 0 Å². The van der Waals surface area contributed by atoms with Crippen LogP contribution in [0.3, 0.4) is 0 Å². The molecule has 1 rings (SSSR count). The number of hydrogen-bond acceptors (Lipinski definition) is 3. The molecule has 0 aromatic heterocycles. The zero-order valence-corrected chi connectivity index (χ0v) is 13.0. The summed E-state index contributed by atoms with van der Waals surface area (Å²) in [5, 5.41) is 6.01. The summed E-state index contributed by atoms with van der Waals surface area (Å²) in [6.07, 6.45) is 2.17. The largest absolute Gasteiger partial charge is 0.387 e. The van der Waals surface area contributed by atoms with E-state index in [1.54, 1.807) is 0 Å². The van der Waals surface area contributed by atoms with E-state index in [1.165, 1.54) is 0 Å². The number of rotatable bonds is 8. The van der Waals surface area contributed by atoms with Crippen molar-refractivity contribution in [1.82, 2.24) is 5.32 Å². The molecule has 0 aliphatic heterocycles. The van der Waals surface area contributed by atoms with Gasteiger partial charge in [0.1, 0.15) is 0 Å². The zero-order valence-electron chi connectivity index (χ0n) is 13.0. The maximum atomic E-state index is 12.1. The van der Waals surface area contributed by atoms with Crippen molar-refractivity contribution < 1.29 is 9.53 Å². The van der Waals surface area contributed by atoms with Gasteiger partial charge in [-0.05, 0) is 51.3 Å². The van der Waals surface area contributed by atoms with E-state index in [4.69, 9.17) is 4.74 Å². The van der Waals surface area contributed by atoms with Crippen molar-refractivity contribution in [3.63, 3.8) is 0 Å². The van der Waals surface area contributed by atoms with Crippen LogP contribution in [0.2, 0.25) is 0 Å². The van der Waals surface area contributed by atoms with Crippen molar-refractivity contribution in [1.29, 1.82) is 0 Å². The highest BCUT2D eigenvalue weighted by Crippen LogP contribution is 2.16. The van der Waals surface area contributed by atoms with E-state index in [0.29, 0.717) is 12.1 Å². The van der Waals surface area contributed by atoms with Gasteiger partial charge in [-0.15, -0.1) is 0 Å². The number of hydrogen-bond donors (Lipinski definition) is 2. The van der Waals surface area contributed by atoms with Crippen LogP contribution in [0.5, 0.6) is 0 Å². The van der Waals surface area contributed by atoms with Gasteiger partial charge in [-0.2, -0.15) is 0 Å². The van der Waals surface area contributed by atoms with Crippen LogP contribution in [-0.2, 0) is 4.74 Å². The van der Waals surface area contributed by atoms with Crippen molar-refractivity contribution in [2.75, 3.05) is 25.5 Å². The third-order valence-corrected chi connectivity index (χ3v) is 3.00. The molecule has 0 heterocycles. The number of anilines is 1. The summed E-state index contributed by atoms with van der Waals surface area (Å²) in [7, 11) is 1.83. The molecule has 0 aliphatic carbocycles. The van der Waals surface area contributed by atoms with Crippen LogP contribution in [0, 0.1) is 6.92 Å². The summed E-state index contributed by atoms with van der Waals surface area (Å²) in [6, 6.07) is 5.79. The number of carbonyl (C=O) groups excluding carboxylic acids is 1. The fourth-order valence-electron chi connectivity index (χ4n) is 1.91. The summed E-state index contributed by atoms with van der Waals surface area (Å²) in [6.45, 7) is 7.49. The smallest absolute Gasteiger partial charge is 0.253 e. The van der Waals surface area contributed by atoms with Crippen LogP contribution in [0.1, 0.15) is 42.6 Å². The van der Waals surface area contributed by atoms with Crippen LogP contribution in [0.15, 0.2) is 18.2 Å². The average Bonchev–Trinajstić information content (AvgIpc) is 2.41. The Kier molecular flexibility index (Phi) is 7.09. The monoisotopic (exact) mass is 278 g/mol. The van der Waals surface area contributed by atoms with Gasteiger partial charge in [0.15, 0.2) is 0 Å². The average molecular weight is 278 g/mol. The predicted octanol–water partition coefficient (Wildman–Crippen LogP) is 2.97. The lowest BCUT2D eigenvalue weighted by Crippen LogP contribution is -2.25. The van der Waals surface area contributed by atoms with Crippen LogP contribution in [-0.4, -0.2) is 32.2 Å². The van der Waals surface area contributed by atoms with Gasteiger partial charge < -0.3 is 15.4 Å². The second-order valence-electron chi connectivity index (χ2n) is 5.18. The first kappa shape index (κ1) is 16.5. The fourth-order valence-corrected chi connectivity index (χ4v) is 1.91. The maximum Gasteiger partial charge on any atom is 0.253 e. The van der Waals surface area contributed by atoms with E-state index in [9.17, 15) is 4.79 Å².